The summed E-state index contributed by atoms with van der Waals surface area (Å²) in [5.41, 5.74) is 1.27. The summed E-state index contributed by atoms with van der Waals surface area (Å²) < 4.78 is 0. The van der Waals surface area contributed by atoms with Crippen LogP contribution in [-0.2, 0) is 4.79 Å². The Balaban J connectivity index is 2.09. The van der Waals surface area contributed by atoms with Crippen LogP contribution in [0.4, 0.5) is 5.69 Å². The summed E-state index contributed by atoms with van der Waals surface area (Å²) in [4.78, 5) is 26.9. The number of hydrogen-bond donors (Lipinski definition) is 1. The van der Waals surface area contributed by atoms with Crippen LogP contribution in [0.2, 0.25) is 0 Å². The second kappa shape index (κ2) is 6.33. The van der Waals surface area contributed by atoms with Crippen LogP contribution in [0.1, 0.15) is 16.8 Å². The smallest absolute Gasteiger partial charge is 0.253 e. The van der Waals surface area contributed by atoms with Gasteiger partial charge >= 0.3 is 0 Å². The molecule has 0 spiro atoms. The molecule has 102 valence electrons. The molecule has 19 heavy (non-hydrogen) atoms. The molecule has 1 aliphatic heterocycles. The third-order valence-electron chi connectivity index (χ3n) is 3.34. The predicted molar refractivity (Wildman–Crippen MR) is 74.1 cm³/mol. The molecular formula is C14H19N3O2. The topological polar surface area (TPSA) is 52.6 Å². The highest BCUT2D eigenvalue weighted by Crippen LogP contribution is 2.13. The normalized spacial score (nSPS) is 16.8. The zero-order chi connectivity index (χ0) is 13.7. The van der Waals surface area contributed by atoms with Crippen LogP contribution >= 0.6 is 0 Å². The van der Waals surface area contributed by atoms with Crippen LogP contribution in [0.15, 0.2) is 24.3 Å². The van der Waals surface area contributed by atoms with Crippen molar-refractivity contribution in [1.82, 2.24) is 9.80 Å². The quantitative estimate of drug-likeness (QED) is 0.827. The van der Waals surface area contributed by atoms with Crippen molar-refractivity contribution in [2.24, 2.45) is 0 Å². The lowest BCUT2D eigenvalue weighted by atomic mass is 10.1. The Labute approximate surface area is 113 Å². The van der Waals surface area contributed by atoms with E-state index in [0.717, 1.165) is 32.6 Å². The third kappa shape index (κ3) is 3.54. The van der Waals surface area contributed by atoms with E-state index < -0.39 is 0 Å². The first-order valence-corrected chi connectivity index (χ1v) is 6.49. The van der Waals surface area contributed by atoms with E-state index in [9.17, 15) is 9.59 Å². The molecule has 1 aromatic rings. The maximum absolute atomic E-state index is 12.4. The lowest BCUT2D eigenvalue weighted by Gasteiger charge is -2.20. The molecule has 2 amide bonds. The highest BCUT2D eigenvalue weighted by molar-refractivity contribution is 5.95. The molecule has 0 atom stereocenters. The molecule has 5 nitrogen and oxygen atoms in total. The van der Waals surface area contributed by atoms with Crippen molar-refractivity contribution in [3.05, 3.63) is 29.8 Å². The molecule has 0 bridgehead atoms. The lowest BCUT2D eigenvalue weighted by molar-refractivity contribution is -0.105. The van der Waals surface area contributed by atoms with E-state index in [4.69, 9.17) is 0 Å². The van der Waals surface area contributed by atoms with Crippen LogP contribution in [0, 0.1) is 0 Å². The van der Waals surface area contributed by atoms with Gasteiger partial charge in [-0.05, 0) is 38.2 Å². The van der Waals surface area contributed by atoms with E-state index in [0.29, 0.717) is 17.7 Å². The Morgan fingerprint density at radius 3 is 2.89 bits per heavy atom. The molecule has 0 saturated carbocycles. The van der Waals surface area contributed by atoms with Crippen molar-refractivity contribution in [3.8, 4) is 0 Å². The Morgan fingerprint density at radius 2 is 2.11 bits per heavy atom. The molecule has 1 heterocycles. The summed E-state index contributed by atoms with van der Waals surface area (Å²) in [6, 6.07) is 7.04. The summed E-state index contributed by atoms with van der Waals surface area (Å²) in [7, 11) is 2.07. The number of rotatable bonds is 3. The van der Waals surface area contributed by atoms with Gasteiger partial charge in [-0.3, -0.25) is 9.59 Å². The minimum absolute atomic E-state index is 0.0323. The van der Waals surface area contributed by atoms with E-state index in [2.05, 4.69) is 17.3 Å². The zero-order valence-electron chi connectivity index (χ0n) is 11.1. The minimum atomic E-state index is 0.0323. The third-order valence-corrected chi connectivity index (χ3v) is 3.34. The van der Waals surface area contributed by atoms with Gasteiger partial charge in [0.1, 0.15) is 0 Å². The van der Waals surface area contributed by atoms with Crippen molar-refractivity contribution in [2.45, 2.75) is 6.42 Å². The van der Waals surface area contributed by atoms with Gasteiger partial charge in [-0.25, -0.2) is 0 Å². The van der Waals surface area contributed by atoms with Gasteiger partial charge in [-0.1, -0.05) is 6.07 Å². The number of nitrogens with one attached hydrogen (secondary N) is 1. The standard InChI is InChI=1S/C14H19N3O2/c1-16-6-3-7-17(9-8-16)14(19)12-4-2-5-13(10-12)15-11-18/h2,4-5,10-11H,3,6-9H2,1H3,(H,15,18). The lowest BCUT2D eigenvalue weighted by Crippen LogP contribution is -2.34. The van der Waals surface area contributed by atoms with Crippen molar-refractivity contribution in [1.29, 1.82) is 0 Å². The fourth-order valence-electron chi connectivity index (χ4n) is 2.24. The number of likely N-dealkylation sites (N-methyl/N-ethyl adjacent to an activating group) is 1. The molecule has 1 fully saturated rings. The first-order valence-electron chi connectivity index (χ1n) is 6.49. The number of carbonyl (C=O) groups is 2. The monoisotopic (exact) mass is 261 g/mol. The summed E-state index contributed by atoms with van der Waals surface area (Å²) in [6.07, 6.45) is 1.61. The van der Waals surface area contributed by atoms with Crippen molar-refractivity contribution in [2.75, 3.05) is 38.5 Å². The van der Waals surface area contributed by atoms with E-state index >= 15 is 0 Å². The Kier molecular flexibility index (Phi) is 4.52. The van der Waals surface area contributed by atoms with Gasteiger partial charge < -0.3 is 15.1 Å². The first-order chi connectivity index (χ1) is 9.20. The molecule has 5 heteroatoms. The molecule has 0 radical (unpaired) electrons. The van der Waals surface area contributed by atoms with E-state index in [-0.39, 0.29) is 5.91 Å². The van der Waals surface area contributed by atoms with Crippen LogP contribution in [0.3, 0.4) is 0 Å². The predicted octanol–water partition coefficient (Wildman–Crippen LogP) is 1.03. The van der Waals surface area contributed by atoms with Crippen molar-refractivity contribution < 1.29 is 9.59 Å². The SMILES string of the molecule is CN1CCCN(C(=O)c2cccc(NC=O)c2)CC1. The summed E-state index contributed by atoms with van der Waals surface area (Å²) in [6.45, 7) is 3.46. The van der Waals surface area contributed by atoms with Gasteiger partial charge in [0, 0.05) is 30.9 Å². The fraction of sp³-hybridized carbons (Fsp3) is 0.429. The van der Waals surface area contributed by atoms with Crippen LogP contribution < -0.4 is 5.32 Å². The molecule has 2 rings (SSSR count). The number of hydrogen-bond acceptors (Lipinski definition) is 3. The minimum Gasteiger partial charge on any atom is -0.337 e. The number of anilines is 1. The van der Waals surface area contributed by atoms with Crippen LogP contribution in [0.25, 0.3) is 0 Å². The van der Waals surface area contributed by atoms with Crippen molar-refractivity contribution >= 4 is 18.0 Å². The van der Waals surface area contributed by atoms with Crippen molar-refractivity contribution in [3.63, 3.8) is 0 Å². The van der Waals surface area contributed by atoms with E-state index in [1.807, 2.05) is 4.90 Å². The van der Waals surface area contributed by atoms with E-state index in [1.54, 1.807) is 24.3 Å². The van der Waals surface area contributed by atoms with Gasteiger partial charge in [-0.2, -0.15) is 0 Å². The maximum atomic E-state index is 12.4. The van der Waals surface area contributed by atoms with Crippen LogP contribution in [-0.4, -0.2) is 55.3 Å². The highest BCUT2D eigenvalue weighted by Gasteiger charge is 2.18. The highest BCUT2D eigenvalue weighted by atomic mass is 16.2. The van der Waals surface area contributed by atoms with Gasteiger partial charge in [0.25, 0.3) is 5.91 Å². The maximum Gasteiger partial charge on any atom is 0.253 e. The number of benzene rings is 1. The molecule has 0 aromatic heterocycles. The molecule has 0 unspecified atom stereocenters. The molecular weight excluding hydrogens is 242 g/mol. The molecule has 1 N–H and O–H groups in total. The molecule has 1 aliphatic rings. The van der Waals surface area contributed by atoms with E-state index in [1.165, 1.54) is 0 Å². The first kappa shape index (κ1) is 13.5. The Hall–Kier alpha value is -1.88. The number of amides is 2. The summed E-state index contributed by atoms with van der Waals surface area (Å²) in [5.74, 6) is 0.0323. The molecule has 0 aliphatic carbocycles. The average Bonchev–Trinajstić information content (AvgIpc) is 2.63. The Bertz CT molecular complexity index is 462. The molecule has 1 aromatic carbocycles. The van der Waals surface area contributed by atoms with Crippen LogP contribution in [0.5, 0.6) is 0 Å². The zero-order valence-corrected chi connectivity index (χ0v) is 11.1. The van der Waals surface area contributed by atoms with Gasteiger partial charge in [0.2, 0.25) is 6.41 Å². The fourth-order valence-corrected chi connectivity index (χ4v) is 2.24. The van der Waals surface area contributed by atoms with Gasteiger partial charge in [0.05, 0.1) is 0 Å². The average molecular weight is 261 g/mol. The van der Waals surface area contributed by atoms with Gasteiger partial charge in [0.15, 0.2) is 0 Å². The number of carbonyl (C=O) groups excluding carboxylic acids is 2. The number of nitrogens with zero attached hydrogens (tertiary/aromatic N) is 2. The van der Waals surface area contributed by atoms with Gasteiger partial charge in [-0.15, -0.1) is 0 Å². The largest absolute Gasteiger partial charge is 0.337 e. The second-order valence-electron chi connectivity index (χ2n) is 4.79. The Morgan fingerprint density at radius 1 is 1.26 bits per heavy atom. The summed E-state index contributed by atoms with van der Waals surface area (Å²) in [5, 5.41) is 2.57. The second-order valence-corrected chi connectivity index (χ2v) is 4.79. The summed E-state index contributed by atoms with van der Waals surface area (Å²) >= 11 is 0. The molecule has 1 saturated heterocycles.